The van der Waals surface area contributed by atoms with Crippen LogP contribution in [0.25, 0.3) is 11.0 Å². The molecule has 3 aromatic rings. The number of nitrogens with zero attached hydrogens (tertiary/aromatic N) is 3. The van der Waals surface area contributed by atoms with Crippen LogP contribution in [0, 0.1) is 0 Å². The minimum absolute atomic E-state index is 0.0215. The second kappa shape index (κ2) is 10.4. The number of rotatable bonds is 6. The summed E-state index contributed by atoms with van der Waals surface area (Å²) >= 11 is 7.75. The first-order chi connectivity index (χ1) is 16.4. The number of thiophene rings is 1. The molecule has 0 bridgehead atoms. The van der Waals surface area contributed by atoms with Crippen LogP contribution in [0.3, 0.4) is 0 Å². The first-order valence-corrected chi connectivity index (χ1v) is 12.4. The van der Waals surface area contributed by atoms with E-state index in [9.17, 15) is 14.4 Å². The fraction of sp³-hybridized carbons (Fsp3) is 0.333. The van der Waals surface area contributed by atoms with Crippen molar-refractivity contribution in [1.82, 2.24) is 14.5 Å². The average Bonchev–Trinajstić information content (AvgIpc) is 3.32. The number of benzene rings is 1. The standard InChI is InChI=1S/C24H26ClN5O3S/c1-3-21(32)26-16-12-20(34-14-16)23(33)28-24-27-19-10-7-9-18(25)22(19)30(24)13-17-8-5-4-6-11-29(17)15(2)31/h3,7,9-10,12,14,17H,1,4-6,8,11,13H2,2H3,(H,26,32)(H,27,28,33). The molecule has 34 heavy (non-hydrogen) atoms. The zero-order chi connectivity index (χ0) is 24.2. The lowest BCUT2D eigenvalue weighted by Gasteiger charge is -2.30. The Morgan fingerprint density at radius 3 is 2.85 bits per heavy atom. The molecular formula is C24H26ClN5O3S. The molecule has 8 nitrogen and oxygen atoms in total. The van der Waals surface area contributed by atoms with Gasteiger partial charge < -0.3 is 14.8 Å². The maximum absolute atomic E-state index is 13.0. The van der Waals surface area contributed by atoms with Gasteiger partial charge in [-0.1, -0.05) is 37.1 Å². The summed E-state index contributed by atoms with van der Waals surface area (Å²) in [4.78, 5) is 43.9. The largest absolute Gasteiger partial charge is 0.338 e. The molecule has 1 aliphatic heterocycles. The van der Waals surface area contributed by atoms with Crippen molar-refractivity contribution in [1.29, 1.82) is 0 Å². The van der Waals surface area contributed by atoms with Crippen molar-refractivity contribution in [2.24, 2.45) is 0 Å². The molecule has 3 heterocycles. The highest BCUT2D eigenvalue weighted by Crippen LogP contribution is 2.30. The number of anilines is 2. The highest BCUT2D eigenvalue weighted by Gasteiger charge is 2.26. The third-order valence-corrected chi connectivity index (χ3v) is 7.13. The van der Waals surface area contributed by atoms with Crippen molar-refractivity contribution < 1.29 is 14.4 Å². The molecule has 0 spiro atoms. The van der Waals surface area contributed by atoms with Crippen molar-refractivity contribution in [3.05, 3.63) is 52.2 Å². The van der Waals surface area contributed by atoms with Gasteiger partial charge in [0.05, 0.1) is 26.6 Å². The molecule has 2 aromatic heterocycles. The second-order valence-electron chi connectivity index (χ2n) is 8.22. The van der Waals surface area contributed by atoms with E-state index in [4.69, 9.17) is 11.6 Å². The van der Waals surface area contributed by atoms with E-state index in [2.05, 4.69) is 22.2 Å². The molecule has 0 saturated carbocycles. The monoisotopic (exact) mass is 499 g/mol. The van der Waals surface area contributed by atoms with Gasteiger partial charge in [0.15, 0.2) is 0 Å². The van der Waals surface area contributed by atoms with E-state index in [1.807, 2.05) is 21.6 Å². The van der Waals surface area contributed by atoms with Crippen LogP contribution < -0.4 is 10.6 Å². The summed E-state index contributed by atoms with van der Waals surface area (Å²) in [5.74, 6) is -0.285. The summed E-state index contributed by atoms with van der Waals surface area (Å²) in [6.45, 7) is 6.22. The van der Waals surface area contributed by atoms with Crippen LogP contribution in [0.1, 0.15) is 42.3 Å². The molecule has 0 aliphatic carbocycles. The Balaban J connectivity index is 1.65. The number of halogens is 1. The normalized spacial score (nSPS) is 16.2. The lowest BCUT2D eigenvalue weighted by Crippen LogP contribution is -2.41. The first-order valence-electron chi connectivity index (χ1n) is 11.1. The molecule has 1 atom stereocenters. The van der Waals surface area contributed by atoms with E-state index in [-0.39, 0.29) is 23.8 Å². The van der Waals surface area contributed by atoms with Crippen molar-refractivity contribution in [2.45, 2.75) is 45.2 Å². The van der Waals surface area contributed by atoms with Gasteiger partial charge in [-0.05, 0) is 37.1 Å². The fourth-order valence-corrected chi connectivity index (χ4v) is 5.29. The number of carbonyl (C=O) groups excluding carboxylic acids is 3. The fourth-order valence-electron chi connectivity index (χ4n) is 4.28. The van der Waals surface area contributed by atoms with E-state index in [1.54, 1.807) is 24.4 Å². The van der Waals surface area contributed by atoms with E-state index < -0.39 is 0 Å². The van der Waals surface area contributed by atoms with Gasteiger partial charge in [0.1, 0.15) is 0 Å². The molecule has 10 heteroatoms. The molecule has 0 radical (unpaired) electrons. The first kappa shape index (κ1) is 24.0. The SMILES string of the molecule is C=CC(=O)Nc1csc(C(=O)Nc2nc3cccc(Cl)c3n2CC2CCCCCN2C(C)=O)c1. The minimum Gasteiger partial charge on any atom is -0.338 e. The molecule has 1 unspecified atom stereocenters. The number of para-hydroxylation sites is 1. The van der Waals surface area contributed by atoms with Gasteiger partial charge >= 0.3 is 0 Å². The predicted molar refractivity (Wildman–Crippen MR) is 135 cm³/mol. The Bertz CT molecular complexity index is 1250. The van der Waals surface area contributed by atoms with Crippen molar-refractivity contribution in [2.75, 3.05) is 17.2 Å². The zero-order valence-corrected chi connectivity index (χ0v) is 20.4. The van der Waals surface area contributed by atoms with Gasteiger partial charge in [0.2, 0.25) is 17.8 Å². The highest BCUT2D eigenvalue weighted by molar-refractivity contribution is 7.12. The molecule has 4 rings (SSSR count). The Hall–Kier alpha value is -3.17. The maximum Gasteiger partial charge on any atom is 0.268 e. The van der Waals surface area contributed by atoms with Crippen LogP contribution in [-0.4, -0.2) is 44.8 Å². The Morgan fingerprint density at radius 1 is 1.26 bits per heavy atom. The number of imidazole rings is 1. The van der Waals surface area contributed by atoms with Crippen molar-refractivity contribution in [3.8, 4) is 0 Å². The van der Waals surface area contributed by atoms with Crippen LogP contribution in [0.5, 0.6) is 0 Å². The highest BCUT2D eigenvalue weighted by atomic mass is 35.5. The van der Waals surface area contributed by atoms with Gasteiger partial charge in [-0.3, -0.25) is 19.7 Å². The second-order valence-corrected chi connectivity index (χ2v) is 9.53. The number of aromatic nitrogens is 2. The quantitative estimate of drug-likeness (QED) is 0.470. The van der Waals surface area contributed by atoms with Gasteiger partial charge in [-0.25, -0.2) is 4.98 Å². The number of nitrogens with one attached hydrogen (secondary N) is 2. The molecule has 178 valence electrons. The predicted octanol–water partition coefficient (Wildman–Crippen LogP) is 4.92. The number of likely N-dealkylation sites (tertiary alicyclic amines) is 1. The van der Waals surface area contributed by atoms with E-state index in [0.29, 0.717) is 33.6 Å². The third kappa shape index (κ3) is 5.15. The summed E-state index contributed by atoms with van der Waals surface area (Å²) in [6, 6.07) is 7.03. The van der Waals surface area contributed by atoms with E-state index >= 15 is 0 Å². The minimum atomic E-state index is -0.348. The summed E-state index contributed by atoms with van der Waals surface area (Å²) in [7, 11) is 0. The molecule has 1 aromatic carbocycles. The van der Waals surface area contributed by atoms with Crippen molar-refractivity contribution in [3.63, 3.8) is 0 Å². The number of hydrogen-bond acceptors (Lipinski definition) is 5. The summed E-state index contributed by atoms with van der Waals surface area (Å²) < 4.78 is 1.90. The van der Waals surface area contributed by atoms with Crippen LogP contribution >= 0.6 is 22.9 Å². The van der Waals surface area contributed by atoms with Gasteiger partial charge in [0, 0.05) is 31.4 Å². The van der Waals surface area contributed by atoms with Gasteiger partial charge in [-0.15, -0.1) is 11.3 Å². The Kier molecular flexibility index (Phi) is 7.33. The lowest BCUT2D eigenvalue weighted by molar-refractivity contribution is -0.131. The van der Waals surface area contributed by atoms with Crippen LogP contribution in [0.4, 0.5) is 11.6 Å². The molecule has 3 amide bonds. The number of hydrogen-bond donors (Lipinski definition) is 2. The van der Waals surface area contributed by atoms with Crippen LogP contribution in [-0.2, 0) is 16.1 Å². The number of amides is 3. The van der Waals surface area contributed by atoms with Crippen LogP contribution in [0.15, 0.2) is 42.3 Å². The molecule has 1 fully saturated rings. The van der Waals surface area contributed by atoms with Crippen LogP contribution in [0.2, 0.25) is 5.02 Å². The lowest BCUT2D eigenvalue weighted by atomic mass is 10.1. The molecule has 1 aliphatic rings. The maximum atomic E-state index is 13.0. The van der Waals surface area contributed by atoms with Gasteiger partial charge in [-0.2, -0.15) is 0 Å². The Labute approximate surface area is 206 Å². The smallest absolute Gasteiger partial charge is 0.268 e. The third-order valence-electron chi connectivity index (χ3n) is 5.89. The topological polar surface area (TPSA) is 96.3 Å². The number of fused-ring (bicyclic) bond motifs is 1. The Morgan fingerprint density at radius 2 is 2.09 bits per heavy atom. The molecule has 2 N–H and O–H groups in total. The summed E-state index contributed by atoms with van der Waals surface area (Å²) in [5.41, 5.74) is 1.90. The summed E-state index contributed by atoms with van der Waals surface area (Å²) in [6.07, 6.45) is 5.13. The van der Waals surface area contributed by atoms with E-state index in [1.165, 1.54) is 17.4 Å². The van der Waals surface area contributed by atoms with E-state index in [0.717, 1.165) is 37.7 Å². The zero-order valence-electron chi connectivity index (χ0n) is 18.8. The molecular weight excluding hydrogens is 474 g/mol. The van der Waals surface area contributed by atoms with Crippen molar-refractivity contribution >= 4 is 63.3 Å². The average molecular weight is 500 g/mol. The number of carbonyl (C=O) groups is 3. The molecule has 1 saturated heterocycles. The van der Waals surface area contributed by atoms with Gasteiger partial charge in [0.25, 0.3) is 5.91 Å². The summed E-state index contributed by atoms with van der Waals surface area (Å²) in [5, 5.41) is 7.76.